The number of aryl methyl sites for hydroxylation is 1. The van der Waals surface area contributed by atoms with Crippen molar-refractivity contribution >= 4 is 5.97 Å². The number of hydrogen-bond donors (Lipinski definition) is 1. The molecule has 110 valence electrons. The van der Waals surface area contributed by atoms with Gasteiger partial charge in [-0.15, -0.1) is 0 Å². The van der Waals surface area contributed by atoms with Gasteiger partial charge in [0, 0.05) is 13.2 Å². The number of benzene rings is 1. The highest BCUT2D eigenvalue weighted by molar-refractivity contribution is 5.75. The van der Waals surface area contributed by atoms with Gasteiger partial charge >= 0.3 is 5.97 Å². The van der Waals surface area contributed by atoms with Crippen LogP contribution in [0.1, 0.15) is 24.8 Å². The molecule has 0 saturated carbocycles. The lowest BCUT2D eigenvalue weighted by Crippen LogP contribution is -2.41. The van der Waals surface area contributed by atoms with E-state index in [-0.39, 0.29) is 18.1 Å². The van der Waals surface area contributed by atoms with Crippen molar-refractivity contribution in [3.05, 3.63) is 35.9 Å². The number of carbonyl (C=O) groups excluding carboxylic acids is 1. The molecule has 1 heterocycles. The highest BCUT2D eigenvalue weighted by Gasteiger charge is 2.22. The maximum Gasteiger partial charge on any atom is 0.322 e. The van der Waals surface area contributed by atoms with Crippen molar-refractivity contribution in [2.75, 3.05) is 20.3 Å². The zero-order chi connectivity index (χ0) is 14.2. The van der Waals surface area contributed by atoms with E-state index in [2.05, 4.69) is 17.4 Å². The Morgan fingerprint density at radius 2 is 2.25 bits per heavy atom. The second kappa shape index (κ2) is 8.02. The Kier molecular flexibility index (Phi) is 6.02. The molecule has 20 heavy (non-hydrogen) atoms. The van der Waals surface area contributed by atoms with Gasteiger partial charge in [-0.25, -0.2) is 0 Å². The molecule has 0 amide bonds. The van der Waals surface area contributed by atoms with Gasteiger partial charge in [0.25, 0.3) is 0 Å². The van der Waals surface area contributed by atoms with Crippen LogP contribution in [0.5, 0.6) is 0 Å². The van der Waals surface area contributed by atoms with Crippen LogP contribution in [0.3, 0.4) is 0 Å². The van der Waals surface area contributed by atoms with E-state index in [1.165, 1.54) is 12.7 Å². The van der Waals surface area contributed by atoms with Gasteiger partial charge in [0.2, 0.25) is 0 Å². The molecule has 1 N–H and O–H groups in total. The van der Waals surface area contributed by atoms with Gasteiger partial charge in [-0.3, -0.25) is 4.79 Å². The first kappa shape index (κ1) is 15.0. The summed E-state index contributed by atoms with van der Waals surface area (Å²) in [5, 5.41) is 3.28. The molecule has 0 spiro atoms. The summed E-state index contributed by atoms with van der Waals surface area (Å²) >= 11 is 0. The molecule has 1 saturated heterocycles. The summed E-state index contributed by atoms with van der Waals surface area (Å²) in [5.74, 6) is -0.195. The minimum absolute atomic E-state index is 0.195. The maximum absolute atomic E-state index is 11.8. The molecule has 2 rings (SSSR count). The zero-order valence-corrected chi connectivity index (χ0v) is 12.0. The third-order valence-corrected chi connectivity index (χ3v) is 3.67. The van der Waals surface area contributed by atoms with Gasteiger partial charge in [-0.2, -0.15) is 0 Å². The fraction of sp³-hybridized carbons (Fsp3) is 0.562. The van der Waals surface area contributed by atoms with Crippen molar-refractivity contribution in [2.45, 2.75) is 37.8 Å². The topological polar surface area (TPSA) is 47.6 Å². The molecule has 0 bridgehead atoms. The molecule has 0 aromatic heterocycles. The smallest absolute Gasteiger partial charge is 0.322 e. The van der Waals surface area contributed by atoms with Crippen molar-refractivity contribution in [3.8, 4) is 0 Å². The molecule has 1 aliphatic heterocycles. The summed E-state index contributed by atoms with van der Waals surface area (Å²) in [5.41, 5.74) is 1.24. The third-order valence-electron chi connectivity index (χ3n) is 3.67. The average molecular weight is 277 g/mol. The molecule has 0 radical (unpaired) electrons. The highest BCUT2D eigenvalue weighted by Crippen LogP contribution is 2.12. The normalized spacial score (nSPS) is 19.8. The van der Waals surface area contributed by atoms with Crippen molar-refractivity contribution in [3.63, 3.8) is 0 Å². The predicted molar refractivity (Wildman–Crippen MR) is 77.5 cm³/mol. The number of nitrogens with one attached hydrogen (secondary N) is 1. The minimum atomic E-state index is -0.260. The monoisotopic (exact) mass is 277 g/mol. The van der Waals surface area contributed by atoms with Gasteiger partial charge in [0.15, 0.2) is 0 Å². The van der Waals surface area contributed by atoms with Crippen LogP contribution < -0.4 is 5.32 Å². The van der Waals surface area contributed by atoms with Crippen LogP contribution in [0.15, 0.2) is 30.3 Å². The van der Waals surface area contributed by atoms with Crippen LogP contribution >= 0.6 is 0 Å². The van der Waals surface area contributed by atoms with Crippen molar-refractivity contribution < 1.29 is 14.3 Å². The zero-order valence-electron chi connectivity index (χ0n) is 12.0. The average Bonchev–Trinajstić information content (AvgIpc) is 3.01. The van der Waals surface area contributed by atoms with Gasteiger partial charge in [0.1, 0.15) is 6.04 Å². The Balaban J connectivity index is 1.81. The third kappa shape index (κ3) is 4.62. The second-order valence-corrected chi connectivity index (χ2v) is 5.14. The molecule has 4 nitrogen and oxygen atoms in total. The molecule has 1 aromatic carbocycles. The Labute approximate surface area is 120 Å². The molecule has 2 unspecified atom stereocenters. The van der Waals surface area contributed by atoms with Gasteiger partial charge in [-0.1, -0.05) is 30.3 Å². The number of methoxy groups -OCH3 is 1. The highest BCUT2D eigenvalue weighted by atomic mass is 16.5. The van der Waals surface area contributed by atoms with E-state index in [4.69, 9.17) is 9.47 Å². The van der Waals surface area contributed by atoms with E-state index in [1.807, 2.05) is 18.2 Å². The fourth-order valence-corrected chi connectivity index (χ4v) is 2.48. The second-order valence-electron chi connectivity index (χ2n) is 5.14. The molecule has 1 aromatic rings. The molecule has 4 heteroatoms. The van der Waals surface area contributed by atoms with Crippen LogP contribution in [-0.2, 0) is 20.7 Å². The van der Waals surface area contributed by atoms with Crippen molar-refractivity contribution in [2.24, 2.45) is 0 Å². The first-order valence-electron chi connectivity index (χ1n) is 7.26. The lowest BCUT2D eigenvalue weighted by molar-refractivity contribution is -0.143. The number of hydrogen-bond acceptors (Lipinski definition) is 4. The van der Waals surface area contributed by atoms with Crippen molar-refractivity contribution in [1.82, 2.24) is 5.32 Å². The van der Waals surface area contributed by atoms with E-state index >= 15 is 0 Å². The number of carbonyl (C=O) groups is 1. The Hall–Kier alpha value is -1.39. The summed E-state index contributed by atoms with van der Waals surface area (Å²) in [4.78, 5) is 11.8. The molecule has 0 aliphatic carbocycles. The lowest BCUT2D eigenvalue weighted by Gasteiger charge is -2.18. The van der Waals surface area contributed by atoms with E-state index in [9.17, 15) is 4.79 Å². The quantitative estimate of drug-likeness (QED) is 0.774. The summed E-state index contributed by atoms with van der Waals surface area (Å²) in [6, 6.07) is 9.93. The largest absolute Gasteiger partial charge is 0.468 e. The van der Waals surface area contributed by atoms with E-state index < -0.39 is 0 Å². The van der Waals surface area contributed by atoms with Crippen LogP contribution in [0.4, 0.5) is 0 Å². The molecular weight excluding hydrogens is 254 g/mol. The van der Waals surface area contributed by atoms with E-state index in [1.54, 1.807) is 0 Å². The maximum atomic E-state index is 11.8. The SMILES string of the molecule is COC(=O)C(CCc1ccccc1)NCC1CCCO1. The lowest BCUT2D eigenvalue weighted by atomic mass is 10.0. The fourth-order valence-electron chi connectivity index (χ4n) is 2.48. The molecule has 2 atom stereocenters. The van der Waals surface area contributed by atoms with Crippen LogP contribution in [-0.4, -0.2) is 38.4 Å². The minimum Gasteiger partial charge on any atom is -0.468 e. The predicted octanol–water partition coefficient (Wildman–Crippen LogP) is 1.93. The van der Waals surface area contributed by atoms with Gasteiger partial charge in [-0.05, 0) is 31.2 Å². The van der Waals surface area contributed by atoms with Crippen molar-refractivity contribution in [1.29, 1.82) is 0 Å². The van der Waals surface area contributed by atoms with Crippen LogP contribution in [0, 0.1) is 0 Å². The van der Waals surface area contributed by atoms with Crippen LogP contribution in [0.25, 0.3) is 0 Å². The van der Waals surface area contributed by atoms with Gasteiger partial charge < -0.3 is 14.8 Å². The number of rotatable bonds is 7. The molecule has 1 fully saturated rings. The first-order chi connectivity index (χ1) is 9.79. The molecular formula is C16H23NO3. The summed E-state index contributed by atoms with van der Waals surface area (Å²) < 4.78 is 10.4. The summed E-state index contributed by atoms with van der Waals surface area (Å²) in [6.45, 7) is 1.55. The molecule has 1 aliphatic rings. The Bertz CT molecular complexity index is 401. The number of esters is 1. The Morgan fingerprint density at radius 1 is 1.45 bits per heavy atom. The van der Waals surface area contributed by atoms with Gasteiger partial charge in [0.05, 0.1) is 13.2 Å². The van der Waals surface area contributed by atoms with Crippen LogP contribution in [0.2, 0.25) is 0 Å². The van der Waals surface area contributed by atoms with E-state index in [0.717, 1.165) is 32.3 Å². The standard InChI is InChI=1S/C16H23NO3/c1-19-16(18)15(17-12-14-8-5-11-20-14)10-9-13-6-3-2-4-7-13/h2-4,6-7,14-15,17H,5,8-12H2,1H3. The Morgan fingerprint density at radius 3 is 2.90 bits per heavy atom. The summed E-state index contributed by atoms with van der Waals surface area (Å²) in [7, 11) is 1.44. The number of ether oxygens (including phenoxy) is 2. The summed E-state index contributed by atoms with van der Waals surface area (Å²) in [6.07, 6.45) is 4.01. The van der Waals surface area contributed by atoms with E-state index in [0.29, 0.717) is 6.54 Å². The first-order valence-corrected chi connectivity index (χ1v) is 7.26.